The fourth-order valence-corrected chi connectivity index (χ4v) is 3.61. The van der Waals surface area contributed by atoms with Crippen LogP contribution in [0, 0.1) is 0 Å². The number of primary amides is 2. The molecule has 0 spiro atoms. The van der Waals surface area contributed by atoms with Gasteiger partial charge in [0.25, 0.3) is 0 Å². The van der Waals surface area contributed by atoms with Gasteiger partial charge in [0.1, 0.15) is 0 Å². The van der Waals surface area contributed by atoms with Gasteiger partial charge in [-0.15, -0.1) is 0 Å². The Morgan fingerprint density at radius 3 is 0.733 bits per heavy atom. The van der Waals surface area contributed by atoms with E-state index in [-0.39, 0.29) is 0 Å². The van der Waals surface area contributed by atoms with Crippen LogP contribution in [0.25, 0.3) is 0 Å². The molecule has 0 saturated carbocycles. The van der Waals surface area contributed by atoms with Crippen molar-refractivity contribution in [1.29, 1.82) is 0 Å². The number of hydrazine groups is 2. The first-order valence-corrected chi connectivity index (χ1v) is 12.1. The van der Waals surface area contributed by atoms with Gasteiger partial charge in [0.2, 0.25) is 0 Å². The smallest absolute Gasteiger partial charge is 0.328 e. The minimum atomic E-state index is -0.551. The zero-order valence-corrected chi connectivity index (χ0v) is 19.2. The van der Waals surface area contributed by atoms with Crippen molar-refractivity contribution in [2.45, 2.75) is 116 Å². The molecule has 0 rings (SSSR count). The summed E-state index contributed by atoms with van der Waals surface area (Å²) in [5.74, 6) is 10.9. The van der Waals surface area contributed by atoms with E-state index in [1.807, 2.05) is 0 Å². The Hall–Kier alpha value is -1.54. The molecule has 0 aromatic rings. The first kappa shape index (κ1) is 28.5. The van der Waals surface area contributed by atoms with Crippen molar-refractivity contribution in [1.82, 2.24) is 10.0 Å². The molecule has 0 unspecified atom stereocenters. The molecule has 8 nitrogen and oxygen atoms in total. The highest BCUT2D eigenvalue weighted by Crippen LogP contribution is 2.14. The summed E-state index contributed by atoms with van der Waals surface area (Å²) in [6.07, 6.45) is 22.6. The second-order valence-corrected chi connectivity index (χ2v) is 8.43. The number of hydrogen-bond donors (Lipinski definition) is 4. The van der Waals surface area contributed by atoms with Crippen LogP contribution in [0.15, 0.2) is 0 Å². The number of urea groups is 2. The van der Waals surface area contributed by atoms with Crippen LogP contribution in [0.3, 0.4) is 0 Å². The highest BCUT2D eigenvalue weighted by molar-refractivity contribution is 5.71. The van der Waals surface area contributed by atoms with Crippen LogP contribution in [0.4, 0.5) is 9.59 Å². The van der Waals surface area contributed by atoms with E-state index in [0.29, 0.717) is 13.1 Å². The molecule has 0 radical (unpaired) electrons. The number of carbonyl (C=O) groups is 2. The molecular formula is C22H48N6O2. The number of carbonyl (C=O) groups excluding carboxylic acids is 2. The zero-order valence-electron chi connectivity index (χ0n) is 19.2. The Labute approximate surface area is 184 Å². The van der Waals surface area contributed by atoms with Gasteiger partial charge in [0, 0.05) is 13.1 Å². The molecule has 0 aliphatic carbocycles. The summed E-state index contributed by atoms with van der Waals surface area (Å²) in [5.41, 5.74) is 10.2. The summed E-state index contributed by atoms with van der Waals surface area (Å²) >= 11 is 0. The van der Waals surface area contributed by atoms with Gasteiger partial charge in [-0.3, -0.25) is 10.0 Å². The molecule has 0 aromatic carbocycles. The maximum atomic E-state index is 10.8. The molecule has 0 aliphatic heterocycles. The summed E-state index contributed by atoms with van der Waals surface area (Å²) in [4.78, 5) is 21.5. The molecule has 8 heteroatoms. The van der Waals surface area contributed by atoms with E-state index in [9.17, 15) is 9.59 Å². The van der Waals surface area contributed by atoms with Crippen molar-refractivity contribution in [3.63, 3.8) is 0 Å². The number of amides is 4. The van der Waals surface area contributed by atoms with Crippen LogP contribution in [0.2, 0.25) is 0 Å². The van der Waals surface area contributed by atoms with Crippen LogP contribution in [-0.2, 0) is 0 Å². The van der Waals surface area contributed by atoms with Crippen LogP contribution >= 0.6 is 0 Å². The maximum Gasteiger partial charge on any atom is 0.328 e. The predicted molar refractivity (Wildman–Crippen MR) is 124 cm³/mol. The highest BCUT2D eigenvalue weighted by atomic mass is 16.2. The Morgan fingerprint density at radius 1 is 0.400 bits per heavy atom. The Kier molecular flexibility index (Phi) is 19.7. The quantitative estimate of drug-likeness (QED) is 0.0921. The van der Waals surface area contributed by atoms with Gasteiger partial charge in [0.05, 0.1) is 0 Å². The third-order valence-corrected chi connectivity index (χ3v) is 5.61. The van der Waals surface area contributed by atoms with E-state index in [0.717, 1.165) is 35.7 Å². The number of unbranched alkanes of at least 4 members (excludes halogenated alkanes) is 17. The molecule has 0 aliphatic rings. The van der Waals surface area contributed by atoms with E-state index in [1.165, 1.54) is 89.9 Å². The van der Waals surface area contributed by atoms with Gasteiger partial charge in [0.15, 0.2) is 0 Å². The Balaban J connectivity index is 3.11. The number of nitrogens with two attached hydrogens (primary N) is 4. The van der Waals surface area contributed by atoms with Crippen LogP contribution < -0.4 is 23.2 Å². The standard InChI is InChI=1S/C22H48N6O2/c23-21(29)27(25)19-17-15-13-11-9-7-5-3-1-2-4-6-8-10-12-14-16-18-20-28(26)22(24)30/h1-20,25-26H2,(H2,23,29)(H2,24,30). The summed E-state index contributed by atoms with van der Waals surface area (Å²) in [5, 5.41) is 2.18. The molecular weight excluding hydrogens is 380 g/mol. The van der Waals surface area contributed by atoms with E-state index in [1.54, 1.807) is 0 Å². The lowest BCUT2D eigenvalue weighted by Gasteiger charge is -2.12. The summed E-state index contributed by atoms with van der Waals surface area (Å²) in [6.45, 7) is 1.11. The third kappa shape index (κ3) is 19.8. The van der Waals surface area contributed by atoms with E-state index in [4.69, 9.17) is 23.2 Å². The van der Waals surface area contributed by atoms with Gasteiger partial charge < -0.3 is 11.5 Å². The zero-order chi connectivity index (χ0) is 22.5. The molecule has 0 bridgehead atoms. The predicted octanol–water partition coefficient (Wildman–Crippen LogP) is 4.52. The fraction of sp³-hybridized carbons (Fsp3) is 0.909. The van der Waals surface area contributed by atoms with Gasteiger partial charge in [-0.25, -0.2) is 21.3 Å². The Bertz CT molecular complexity index is 384. The van der Waals surface area contributed by atoms with E-state index < -0.39 is 12.1 Å². The molecule has 4 amide bonds. The van der Waals surface area contributed by atoms with Crippen molar-refractivity contribution < 1.29 is 9.59 Å². The highest BCUT2D eigenvalue weighted by Gasteiger charge is 2.03. The van der Waals surface area contributed by atoms with Gasteiger partial charge >= 0.3 is 12.1 Å². The average molecular weight is 429 g/mol. The first-order valence-electron chi connectivity index (χ1n) is 12.1. The lowest BCUT2D eigenvalue weighted by molar-refractivity contribution is 0.207. The molecule has 8 N–H and O–H groups in total. The first-order chi connectivity index (χ1) is 14.4. The van der Waals surface area contributed by atoms with Crippen LogP contribution in [-0.4, -0.2) is 35.2 Å². The van der Waals surface area contributed by atoms with Crippen molar-refractivity contribution in [2.24, 2.45) is 23.2 Å². The lowest BCUT2D eigenvalue weighted by Crippen LogP contribution is -2.41. The van der Waals surface area contributed by atoms with Crippen LogP contribution in [0.1, 0.15) is 116 Å². The summed E-state index contributed by atoms with van der Waals surface area (Å²) in [7, 11) is 0. The largest absolute Gasteiger partial charge is 0.350 e. The monoisotopic (exact) mass is 428 g/mol. The molecule has 178 valence electrons. The van der Waals surface area contributed by atoms with Gasteiger partial charge in [-0.05, 0) is 12.8 Å². The van der Waals surface area contributed by atoms with E-state index >= 15 is 0 Å². The summed E-state index contributed by atoms with van der Waals surface area (Å²) < 4.78 is 0. The molecule has 0 fully saturated rings. The summed E-state index contributed by atoms with van der Waals surface area (Å²) in [6, 6.07) is -1.10. The number of rotatable bonds is 21. The Morgan fingerprint density at radius 2 is 0.567 bits per heavy atom. The lowest BCUT2D eigenvalue weighted by atomic mass is 10.0. The molecule has 30 heavy (non-hydrogen) atoms. The number of hydrogen-bond acceptors (Lipinski definition) is 4. The molecule has 0 saturated heterocycles. The second-order valence-electron chi connectivity index (χ2n) is 8.43. The third-order valence-electron chi connectivity index (χ3n) is 5.61. The molecule has 0 heterocycles. The van der Waals surface area contributed by atoms with Crippen molar-refractivity contribution in [3.05, 3.63) is 0 Å². The average Bonchev–Trinajstić information content (AvgIpc) is 2.71. The number of nitrogens with zero attached hydrogens (tertiary/aromatic N) is 2. The molecule has 0 atom stereocenters. The topological polar surface area (TPSA) is 145 Å². The minimum absolute atomic E-state index is 0.551. The van der Waals surface area contributed by atoms with Gasteiger partial charge in [-0.2, -0.15) is 0 Å². The second kappa shape index (κ2) is 20.7. The van der Waals surface area contributed by atoms with E-state index in [2.05, 4.69) is 0 Å². The normalized spacial score (nSPS) is 10.9. The molecule has 0 aromatic heterocycles. The van der Waals surface area contributed by atoms with Crippen molar-refractivity contribution in [2.75, 3.05) is 13.1 Å². The van der Waals surface area contributed by atoms with Gasteiger partial charge in [-0.1, -0.05) is 103 Å². The minimum Gasteiger partial charge on any atom is -0.350 e. The maximum absolute atomic E-state index is 10.8. The van der Waals surface area contributed by atoms with Crippen molar-refractivity contribution >= 4 is 12.1 Å². The van der Waals surface area contributed by atoms with Crippen LogP contribution in [0.5, 0.6) is 0 Å². The van der Waals surface area contributed by atoms with Crippen molar-refractivity contribution in [3.8, 4) is 0 Å². The fourth-order valence-electron chi connectivity index (χ4n) is 3.61. The SMILES string of the molecule is NC(=O)N(N)CCCCCCCCCCCCCCCCCCCCN(N)C(N)=O.